The predicted molar refractivity (Wildman–Crippen MR) is 56.9 cm³/mol. The molecular formula is C7H2BrCl2NO2S. The zero-order chi connectivity index (χ0) is 10.9. The molecule has 0 aliphatic rings. The van der Waals surface area contributed by atoms with E-state index in [0.717, 1.165) is 0 Å². The highest BCUT2D eigenvalue weighted by Gasteiger charge is 2.18. The first-order valence-electron chi connectivity index (χ1n) is 3.20. The van der Waals surface area contributed by atoms with Crippen molar-refractivity contribution in [1.82, 2.24) is 0 Å². The Labute approximate surface area is 98.8 Å². The zero-order valence-corrected chi connectivity index (χ0v) is 10.4. The van der Waals surface area contributed by atoms with Crippen LogP contribution in [0.15, 0.2) is 21.5 Å². The summed E-state index contributed by atoms with van der Waals surface area (Å²) in [5.41, 5.74) is 0.0558. The first-order valence-corrected chi connectivity index (χ1v) is 6.68. The van der Waals surface area contributed by atoms with Crippen molar-refractivity contribution in [2.75, 3.05) is 0 Å². The van der Waals surface area contributed by atoms with E-state index in [2.05, 4.69) is 15.9 Å². The number of hydrogen-bond donors (Lipinski definition) is 0. The number of halogens is 3. The van der Waals surface area contributed by atoms with Crippen molar-refractivity contribution in [3.05, 3.63) is 27.2 Å². The zero-order valence-electron chi connectivity index (χ0n) is 6.46. The van der Waals surface area contributed by atoms with Crippen LogP contribution in [0.1, 0.15) is 5.56 Å². The van der Waals surface area contributed by atoms with Crippen molar-refractivity contribution in [2.45, 2.75) is 4.90 Å². The Morgan fingerprint density at radius 3 is 2.43 bits per heavy atom. The predicted octanol–water partition coefficient (Wildman–Crippen LogP) is 2.90. The molecule has 74 valence electrons. The third kappa shape index (κ3) is 2.39. The summed E-state index contributed by atoms with van der Waals surface area (Å²) in [6.07, 6.45) is 0. The third-order valence-corrected chi connectivity index (χ3v) is 3.71. The first-order chi connectivity index (χ1) is 6.36. The lowest BCUT2D eigenvalue weighted by Gasteiger charge is -2.02. The van der Waals surface area contributed by atoms with E-state index in [1.54, 1.807) is 6.07 Å². The van der Waals surface area contributed by atoms with E-state index in [0.29, 0.717) is 4.47 Å². The Balaban J connectivity index is 3.64. The average Bonchev–Trinajstić information content (AvgIpc) is 2.06. The van der Waals surface area contributed by atoms with Gasteiger partial charge in [0.25, 0.3) is 9.05 Å². The lowest BCUT2D eigenvalue weighted by atomic mass is 10.2. The highest BCUT2D eigenvalue weighted by molar-refractivity contribution is 9.10. The van der Waals surface area contributed by atoms with E-state index in [4.69, 9.17) is 27.5 Å². The maximum atomic E-state index is 11.0. The minimum Gasteiger partial charge on any atom is -0.207 e. The van der Waals surface area contributed by atoms with Crippen LogP contribution in [0.5, 0.6) is 0 Å². The Morgan fingerprint density at radius 2 is 2.00 bits per heavy atom. The summed E-state index contributed by atoms with van der Waals surface area (Å²) >= 11 is 8.71. The highest BCUT2D eigenvalue weighted by Crippen LogP contribution is 2.31. The van der Waals surface area contributed by atoms with Crippen LogP contribution in [-0.2, 0) is 9.05 Å². The van der Waals surface area contributed by atoms with E-state index in [1.165, 1.54) is 12.1 Å². The molecule has 0 unspecified atom stereocenters. The van der Waals surface area contributed by atoms with Crippen molar-refractivity contribution in [1.29, 1.82) is 5.26 Å². The van der Waals surface area contributed by atoms with Crippen molar-refractivity contribution in [2.24, 2.45) is 0 Å². The second-order valence-electron chi connectivity index (χ2n) is 2.32. The fourth-order valence-corrected chi connectivity index (χ4v) is 2.96. The summed E-state index contributed by atoms with van der Waals surface area (Å²) < 4.78 is 22.5. The third-order valence-electron chi connectivity index (χ3n) is 1.39. The molecule has 0 radical (unpaired) electrons. The normalized spacial score (nSPS) is 11.0. The van der Waals surface area contributed by atoms with Crippen LogP contribution < -0.4 is 0 Å². The van der Waals surface area contributed by atoms with Crippen LogP contribution in [0.3, 0.4) is 0 Å². The Bertz CT molecular complexity index is 521. The summed E-state index contributed by atoms with van der Waals surface area (Å²) in [6, 6.07) is 4.42. The highest BCUT2D eigenvalue weighted by atomic mass is 79.9. The lowest BCUT2D eigenvalue weighted by Crippen LogP contribution is -1.94. The van der Waals surface area contributed by atoms with Gasteiger partial charge in [-0.2, -0.15) is 5.26 Å². The fourth-order valence-electron chi connectivity index (χ4n) is 0.823. The molecule has 1 aromatic carbocycles. The van der Waals surface area contributed by atoms with Crippen LogP contribution in [0, 0.1) is 11.3 Å². The van der Waals surface area contributed by atoms with Crippen LogP contribution in [-0.4, -0.2) is 8.42 Å². The summed E-state index contributed by atoms with van der Waals surface area (Å²) in [6.45, 7) is 0. The van der Waals surface area contributed by atoms with Crippen molar-refractivity contribution in [3.8, 4) is 6.07 Å². The van der Waals surface area contributed by atoms with Gasteiger partial charge in [0.1, 0.15) is 11.0 Å². The van der Waals surface area contributed by atoms with Crippen LogP contribution in [0.4, 0.5) is 0 Å². The molecule has 0 N–H and O–H groups in total. The molecular weight excluding hydrogens is 313 g/mol. The standard InChI is InChI=1S/C7H2BrCl2NO2S/c8-5-1-4(3-11)7(9)6(2-5)14(10,12)13/h1-2H. The average molecular weight is 315 g/mol. The molecule has 7 heteroatoms. The van der Waals surface area contributed by atoms with Gasteiger partial charge in [-0.25, -0.2) is 8.42 Å². The van der Waals surface area contributed by atoms with E-state index in [1.807, 2.05) is 0 Å². The Morgan fingerprint density at radius 1 is 1.43 bits per heavy atom. The van der Waals surface area contributed by atoms with Gasteiger partial charge >= 0.3 is 0 Å². The number of benzene rings is 1. The molecule has 0 saturated heterocycles. The van der Waals surface area contributed by atoms with Gasteiger partial charge in [0.15, 0.2) is 0 Å². The van der Waals surface area contributed by atoms with Crippen LogP contribution >= 0.6 is 38.2 Å². The minimum absolute atomic E-state index is 0.0558. The Kier molecular flexibility index (Phi) is 3.43. The van der Waals surface area contributed by atoms with Gasteiger partial charge in [-0.3, -0.25) is 0 Å². The van der Waals surface area contributed by atoms with E-state index in [9.17, 15) is 8.42 Å². The fraction of sp³-hybridized carbons (Fsp3) is 0. The maximum Gasteiger partial charge on any atom is 0.262 e. The monoisotopic (exact) mass is 313 g/mol. The number of hydrogen-bond acceptors (Lipinski definition) is 3. The quantitative estimate of drug-likeness (QED) is 0.749. The van der Waals surface area contributed by atoms with Gasteiger partial charge in [-0.15, -0.1) is 0 Å². The van der Waals surface area contributed by atoms with Gasteiger partial charge in [-0.05, 0) is 12.1 Å². The number of rotatable bonds is 1. The molecule has 0 atom stereocenters. The second-order valence-corrected chi connectivity index (χ2v) is 6.14. The minimum atomic E-state index is -3.93. The molecule has 0 aliphatic carbocycles. The molecule has 0 aromatic heterocycles. The lowest BCUT2D eigenvalue weighted by molar-refractivity contribution is 0.609. The molecule has 0 aliphatic heterocycles. The van der Waals surface area contributed by atoms with E-state index < -0.39 is 9.05 Å². The van der Waals surface area contributed by atoms with Gasteiger partial charge in [-0.1, -0.05) is 27.5 Å². The van der Waals surface area contributed by atoms with Gasteiger partial charge in [0, 0.05) is 15.2 Å². The van der Waals surface area contributed by atoms with E-state index in [-0.39, 0.29) is 15.5 Å². The number of nitriles is 1. The number of nitrogens with zero attached hydrogens (tertiary/aromatic N) is 1. The van der Waals surface area contributed by atoms with Gasteiger partial charge in [0.05, 0.1) is 10.6 Å². The largest absolute Gasteiger partial charge is 0.262 e. The van der Waals surface area contributed by atoms with Gasteiger partial charge in [0.2, 0.25) is 0 Å². The molecule has 0 fully saturated rings. The van der Waals surface area contributed by atoms with E-state index >= 15 is 0 Å². The molecule has 0 amide bonds. The summed E-state index contributed by atoms with van der Waals surface area (Å²) in [4.78, 5) is -0.272. The van der Waals surface area contributed by atoms with Gasteiger partial charge < -0.3 is 0 Å². The van der Waals surface area contributed by atoms with Crippen LogP contribution in [0.25, 0.3) is 0 Å². The summed E-state index contributed by atoms with van der Waals surface area (Å²) in [5.74, 6) is 0. The summed E-state index contributed by atoms with van der Waals surface area (Å²) in [5, 5.41) is 8.48. The molecule has 0 spiro atoms. The molecule has 1 rings (SSSR count). The maximum absolute atomic E-state index is 11.0. The van der Waals surface area contributed by atoms with Crippen LogP contribution in [0.2, 0.25) is 5.02 Å². The smallest absolute Gasteiger partial charge is 0.207 e. The molecule has 3 nitrogen and oxygen atoms in total. The molecule has 0 bridgehead atoms. The van der Waals surface area contributed by atoms with Crippen molar-refractivity contribution < 1.29 is 8.42 Å². The Hall–Kier alpha value is -0.280. The SMILES string of the molecule is N#Cc1cc(Br)cc(S(=O)(=O)Cl)c1Cl. The first kappa shape index (κ1) is 11.8. The molecule has 0 saturated carbocycles. The summed E-state index contributed by atoms with van der Waals surface area (Å²) in [7, 11) is 1.19. The molecule has 14 heavy (non-hydrogen) atoms. The topological polar surface area (TPSA) is 57.9 Å². The molecule has 0 heterocycles. The van der Waals surface area contributed by atoms with Crippen molar-refractivity contribution >= 4 is 47.3 Å². The van der Waals surface area contributed by atoms with Crippen molar-refractivity contribution in [3.63, 3.8) is 0 Å². The molecule has 1 aromatic rings. The second kappa shape index (κ2) is 4.07.